The van der Waals surface area contributed by atoms with Gasteiger partial charge in [0.1, 0.15) is 6.04 Å². The van der Waals surface area contributed by atoms with Gasteiger partial charge in [0.15, 0.2) is 0 Å². The van der Waals surface area contributed by atoms with Crippen LogP contribution in [-0.2, 0) is 4.79 Å². The smallest absolute Gasteiger partial charge is 0.258 e. The molecule has 2 heterocycles. The van der Waals surface area contributed by atoms with Crippen molar-refractivity contribution in [1.82, 2.24) is 19.6 Å². The minimum atomic E-state index is -0.361. The van der Waals surface area contributed by atoms with Crippen LogP contribution in [0.2, 0.25) is 0 Å². The van der Waals surface area contributed by atoms with E-state index in [4.69, 9.17) is 0 Å². The molecule has 1 aromatic heterocycles. The molecule has 2 fully saturated rings. The first-order valence-electron chi connectivity index (χ1n) is 8.22. The highest BCUT2D eigenvalue weighted by Crippen LogP contribution is 2.28. The van der Waals surface area contributed by atoms with Gasteiger partial charge in [-0.25, -0.2) is 0 Å². The third kappa shape index (κ3) is 3.39. The molecule has 0 N–H and O–H groups in total. The van der Waals surface area contributed by atoms with Crippen molar-refractivity contribution in [2.45, 2.75) is 44.2 Å². The minimum absolute atomic E-state index is 0.0111. The van der Waals surface area contributed by atoms with Crippen LogP contribution in [-0.4, -0.2) is 63.2 Å². The lowest BCUT2D eigenvalue weighted by Crippen LogP contribution is -2.46. The number of hydrogen-bond donors (Lipinski definition) is 0. The van der Waals surface area contributed by atoms with E-state index in [0.29, 0.717) is 23.2 Å². The Bertz CT molecular complexity index is 580. The molecule has 23 heavy (non-hydrogen) atoms. The average Bonchev–Trinajstić information content (AvgIpc) is 3.23. The largest absolute Gasteiger partial charge is 0.347 e. The van der Waals surface area contributed by atoms with Gasteiger partial charge in [0.25, 0.3) is 5.91 Å². The number of carbonyl (C=O) groups excluding carboxylic acids is 2. The van der Waals surface area contributed by atoms with Crippen molar-refractivity contribution in [3.05, 3.63) is 18.0 Å². The highest BCUT2D eigenvalue weighted by atomic mass is 32.2. The first-order chi connectivity index (χ1) is 11.1. The Morgan fingerprint density at radius 2 is 2.00 bits per heavy atom. The molecule has 1 unspecified atom stereocenters. The predicted octanol–water partition coefficient (Wildman–Crippen LogP) is 1.99. The van der Waals surface area contributed by atoms with Gasteiger partial charge in [0.2, 0.25) is 5.91 Å². The molecule has 0 bridgehead atoms. The monoisotopic (exact) mass is 336 g/mol. The molecule has 2 amide bonds. The Labute approximate surface area is 141 Å². The molecular formula is C16H24N4O2S. The first-order valence-corrected chi connectivity index (χ1v) is 9.37. The molecule has 1 aliphatic carbocycles. The topological polar surface area (TPSA) is 58.4 Å². The van der Waals surface area contributed by atoms with E-state index in [1.165, 1.54) is 19.3 Å². The van der Waals surface area contributed by atoms with Gasteiger partial charge in [0.05, 0.1) is 23.7 Å². The predicted molar refractivity (Wildman–Crippen MR) is 90.3 cm³/mol. The summed E-state index contributed by atoms with van der Waals surface area (Å²) in [6.45, 7) is 0. The third-order valence-electron chi connectivity index (χ3n) is 4.67. The summed E-state index contributed by atoms with van der Waals surface area (Å²) in [6, 6.07) is 0.0537. The van der Waals surface area contributed by atoms with Gasteiger partial charge < -0.3 is 9.80 Å². The number of likely N-dealkylation sites (N-methyl/N-ethyl adjacent to an activating group) is 1. The van der Waals surface area contributed by atoms with Crippen molar-refractivity contribution in [3.8, 4) is 0 Å². The molecule has 1 atom stereocenters. The molecule has 0 radical (unpaired) electrons. The third-order valence-corrected chi connectivity index (χ3v) is 5.68. The van der Waals surface area contributed by atoms with Crippen LogP contribution in [0, 0.1) is 0 Å². The summed E-state index contributed by atoms with van der Waals surface area (Å²) in [5.74, 6) is 1.14. The van der Waals surface area contributed by atoms with E-state index in [2.05, 4.69) is 5.10 Å². The molecule has 7 heteroatoms. The van der Waals surface area contributed by atoms with Gasteiger partial charge in [-0.1, -0.05) is 19.3 Å². The average molecular weight is 336 g/mol. The van der Waals surface area contributed by atoms with Crippen molar-refractivity contribution in [2.24, 2.45) is 0 Å². The number of amides is 2. The normalized spacial score (nSPS) is 22.3. The molecule has 1 saturated heterocycles. The summed E-state index contributed by atoms with van der Waals surface area (Å²) in [5, 5.41) is 4.40. The van der Waals surface area contributed by atoms with Crippen LogP contribution in [0.15, 0.2) is 12.4 Å². The van der Waals surface area contributed by atoms with Crippen LogP contribution in [0.4, 0.5) is 0 Å². The Morgan fingerprint density at radius 1 is 1.26 bits per heavy atom. The summed E-state index contributed by atoms with van der Waals surface area (Å²) in [5.41, 5.74) is 0.592. The molecule has 3 rings (SSSR count). The molecular weight excluding hydrogens is 312 g/mol. The van der Waals surface area contributed by atoms with Crippen LogP contribution < -0.4 is 0 Å². The van der Waals surface area contributed by atoms with Gasteiger partial charge >= 0.3 is 0 Å². The Hall–Kier alpha value is -1.50. The number of rotatable bonds is 3. The van der Waals surface area contributed by atoms with Gasteiger partial charge in [-0.05, 0) is 12.8 Å². The molecule has 1 aliphatic heterocycles. The van der Waals surface area contributed by atoms with E-state index in [1.807, 2.05) is 10.9 Å². The fourth-order valence-corrected chi connectivity index (χ4v) is 4.45. The van der Waals surface area contributed by atoms with E-state index in [-0.39, 0.29) is 17.9 Å². The summed E-state index contributed by atoms with van der Waals surface area (Å²) in [7, 11) is 3.46. The lowest BCUT2D eigenvalue weighted by molar-refractivity contribution is -0.132. The maximum absolute atomic E-state index is 12.8. The molecule has 126 valence electrons. The molecule has 1 aromatic rings. The van der Waals surface area contributed by atoms with Crippen LogP contribution in [0.5, 0.6) is 0 Å². The molecule has 2 aliphatic rings. The van der Waals surface area contributed by atoms with Crippen molar-refractivity contribution < 1.29 is 9.59 Å². The lowest BCUT2D eigenvalue weighted by Gasteiger charge is -2.25. The fourth-order valence-electron chi connectivity index (χ4n) is 3.31. The minimum Gasteiger partial charge on any atom is -0.347 e. The van der Waals surface area contributed by atoms with Crippen molar-refractivity contribution in [3.63, 3.8) is 0 Å². The van der Waals surface area contributed by atoms with Gasteiger partial charge in [-0.2, -0.15) is 5.10 Å². The second kappa shape index (κ2) is 6.95. The van der Waals surface area contributed by atoms with E-state index in [9.17, 15) is 9.59 Å². The zero-order valence-corrected chi connectivity index (χ0v) is 14.6. The van der Waals surface area contributed by atoms with E-state index >= 15 is 0 Å². The second-order valence-electron chi connectivity index (χ2n) is 6.52. The number of hydrogen-bond acceptors (Lipinski definition) is 4. The lowest BCUT2D eigenvalue weighted by atomic mass is 9.96. The Kier molecular flexibility index (Phi) is 4.94. The fraction of sp³-hybridized carbons (Fsp3) is 0.688. The Balaban J connectivity index is 1.72. The highest BCUT2D eigenvalue weighted by molar-refractivity contribution is 7.99. The highest BCUT2D eigenvalue weighted by Gasteiger charge is 2.36. The van der Waals surface area contributed by atoms with Gasteiger partial charge in [-0.3, -0.25) is 14.3 Å². The van der Waals surface area contributed by atoms with E-state index in [1.54, 1.807) is 41.9 Å². The van der Waals surface area contributed by atoms with E-state index in [0.717, 1.165) is 12.8 Å². The summed E-state index contributed by atoms with van der Waals surface area (Å²) in [4.78, 5) is 28.2. The molecule has 6 nitrogen and oxygen atoms in total. The molecule has 1 saturated carbocycles. The molecule has 0 aromatic carbocycles. The standard InChI is InChI=1S/C16H24N4O2S/c1-18(2)16(22)14-10-23-11-19(14)15(21)12-8-17-20(9-12)13-6-4-3-5-7-13/h8-9,13-14H,3-7,10-11H2,1-2H3. The SMILES string of the molecule is CN(C)C(=O)C1CSCN1C(=O)c1cnn(C2CCCCC2)c1. The molecule has 0 spiro atoms. The number of carbonyl (C=O) groups is 2. The van der Waals surface area contributed by atoms with Crippen LogP contribution in [0.3, 0.4) is 0 Å². The Morgan fingerprint density at radius 3 is 2.70 bits per heavy atom. The van der Waals surface area contributed by atoms with Crippen molar-refractivity contribution in [2.75, 3.05) is 25.7 Å². The van der Waals surface area contributed by atoms with Gasteiger partial charge in [0, 0.05) is 26.0 Å². The van der Waals surface area contributed by atoms with Crippen LogP contribution >= 0.6 is 11.8 Å². The zero-order chi connectivity index (χ0) is 16.4. The quantitative estimate of drug-likeness (QED) is 0.847. The second-order valence-corrected chi connectivity index (χ2v) is 7.52. The maximum Gasteiger partial charge on any atom is 0.258 e. The maximum atomic E-state index is 12.8. The van der Waals surface area contributed by atoms with Crippen molar-refractivity contribution in [1.29, 1.82) is 0 Å². The van der Waals surface area contributed by atoms with Crippen LogP contribution in [0.1, 0.15) is 48.5 Å². The summed E-state index contributed by atoms with van der Waals surface area (Å²) < 4.78 is 1.94. The van der Waals surface area contributed by atoms with E-state index < -0.39 is 0 Å². The first kappa shape index (κ1) is 16.4. The zero-order valence-electron chi connectivity index (χ0n) is 13.8. The van der Waals surface area contributed by atoms with Crippen molar-refractivity contribution >= 4 is 23.6 Å². The summed E-state index contributed by atoms with van der Waals surface area (Å²) in [6.07, 6.45) is 9.54. The van der Waals surface area contributed by atoms with Gasteiger partial charge in [-0.15, -0.1) is 11.8 Å². The number of nitrogens with zero attached hydrogens (tertiary/aromatic N) is 4. The van der Waals surface area contributed by atoms with Crippen LogP contribution in [0.25, 0.3) is 0 Å². The number of aromatic nitrogens is 2. The number of thioether (sulfide) groups is 1. The summed E-state index contributed by atoms with van der Waals surface area (Å²) >= 11 is 1.62.